The zero-order valence-electron chi connectivity index (χ0n) is 8.53. The van der Waals surface area contributed by atoms with E-state index in [2.05, 4.69) is 0 Å². The Morgan fingerprint density at radius 2 is 0.632 bits per heavy atom. The average Bonchev–Trinajstić information content (AvgIpc) is 2.18. The van der Waals surface area contributed by atoms with Gasteiger partial charge < -0.3 is 29.7 Å². The quantitative estimate of drug-likeness (QED) is 0.467. The molecule has 0 atom stereocenters. The number of carbonyl (C=O) groups is 3. The maximum Gasteiger partial charge on any atom is 3.00 e. The van der Waals surface area contributed by atoms with E-state index in [1.165, 1.54) is 0 Å². The molecule has 0 N–H and O–H groups in total. The Bertz CT molecular complexity index is 230. The Morgan fingerprint density at radius 1 is 0.579 bits per heavy atom. The third-order valence-electron chi connectivity index (χ3n) is 0.535. The molecule has 0 amide bonds. The molecule has 0 aliphatic rings. The topological polar surface area (TPSA) is 120 Å². The van der Waals surface area contributed by atoms with Crippen molar-refractivity contribution in [3.63, 3.8) is 0 Å². The summed E-state index contributed by atoms with van der Waals surface area (Å²) in [4.78, 5) is 23.8. The van der Waals surface area contributed by atoms with Gasteiger partial charge in [0.25, 0.3) is 0 Å². The smallest absolute Gasteiger partial charge is 0.547 e. The first-order valence-electron chi connectivity index (χ1n) is 3.40. The Balaban J connectivity index is -0.0000000865. The van der Waals surface area contributed by atoms with Crippen LogP contribution in [0.4, 0.5) is 0 Å². The van der Waals surface area contributed by atoms with Crippen LogP contribution in [0.15, 0.2) is 0 Å². The molecule has 0 aromatic heterocycles. The van der Waals surface area contributed by atoms with Crippen LogP contribution in [0.25, 0.3) is 0 Å². The van der Waals surface area contributed by atoms with Gasteiger partial charge in [0, 0.05) is 0 Å². The number of hydrogen-bond acceptors (Lipinski definition) is 6. The number of carboxylic acids is 3. The zero-order chi connectivity index (χ0) is 15.5. The van der Waals surface area contributed by atoms with Gasteiger partial charge in [-0.25, -0.2) is 0 Å². The molecule has 0 saturated carbocycles. The summed E-state index contributed by atoms with van der Waals surface area (Å²) < 4.78 is 0. The molecule has 6 nitrogen and oxygen atoms in total. The normalized spacial score (nSPS) is 8.68. The molecule has 0 spiro atoms. The summed E-state index contributed by atoms with van der Waals surface area (Å²) in [6, 6.07) is 0. The van der Waals surface area contributed by atoms with Crippen molar-refractivity contribution in [3.8, 4) is 0 Å². The van der Waals surface area contributed by atoms with Gasteiger partial charge in [-0.15, -0.1) is 0 Å². The molecule has 0 aliphatic carbocycles. The Hall–Kier alpha value is 1.25. The van der Waals surface area contributed by atoms with E-state index in [1.807, 2.05) is 0 Å². The van der Waals surface area contributed by atoms with Gasteiger partial charge in [0.2, 0.25) is 0 Å². The molecule has 0 bridgehead atoms. The fourth-order valence-corrected chi connectivity index (χ4v) is 0. The van der Waals surface area contributed by atoms with Crippen LogP contribution in [0.1, 0.15) is 0 Å². The molecule has 0 saturated heterocycles. The van der Waals surface area contributed by atoms with Gasteiger partial charge in [-0.05, 0) is 0 Å². The molecule has 0 heterocycles. The summed E-state index contributed by atoms with van der Waals surface area (Å²) in [5, 5.41) is 28.0. The van der Waals surface area contributed by atoms with Gasteiger partial charge >= 0.3 is 32.7 Å². The number of rotatable bonds is 3. The SMILES string of the molecule is O=C([O-])C(Cl)Cl.O=C([O-])C(Cl)Cl.O=C([O-])C(Cl)Cl.[Y+3]. The number of carbonyl (C=O) groups excluding carboxylic acids is 3. The van der Waals surface area contributed by atoms with Crippen LogP contribution in [0.5, 0.6) is 0 Å². The Kier molecular flexibility index (Phi) is 25.9. The maximum atomic E-state index is 9.32. The number of aliphatic carboxylic acids is 3. The minimum absolute atomic E-state index is 0. The predicted molar refractivity (Wildman–Crippen MR) is 61.5 cm³/mol. The van der Waals surface area contributed by atoms with Crippen LogP contribution >= 0.6 is 69.6 Å². The van der Waals surface area contributed by atoms with Gasteiger partial charge in [0.15, 0.2) is 0 Å². The van der Waals surface area contributed by atoms with E-state index in [0.29, 0.717) is 0 Å². The fraction of sp³-hybridized carbons (Fsp3) is 0.500. The van der Waals surface area contributed by atoms with E-state index in [4.69, 9.17) is 69.6 Å². The van der Waals surface area contributed by atoms with Crippen molar-refractivity contribution in [2.24, 2.45) is 0 Å². The van der Waals surface area contributed by atoms with Crippen molar-refractivity contribution in [1.82, 2.24) is 0 Å². The van der Waals surface area contributed by atoms with Crippen LogP contribution in [-0.4, -0.2) is 32.4 Å². The molecule has 13 heteroatoms. The summed E-state index contributed by atoms with van der Waals surface area (Å²) >= 11 is 28.3. The van der Waals surface area contributed by atoms with Crippen LogP contribution in [0, 0.1) is 0 Å². The molecular formula is C6H3Cl6O6Y. The van der Waals surface area contributed by atoms with Crippen LogP contribution < -0.4 is 15.3 Å². The molecule has 0 aromatic rings. The van der Waals surface area contributed by atoms with Crippen LogP contribution in [0.2, 0.25) is 0 Å². The second-order valence-corrected chi connectivity index (χ2v) is 5.15. The van der Waals surface area contributed by atoms with Crippen molar-refractivity contribution in [2.45, 2.75) is 14.5 Å². The van der Waals surface area contributed by atoms with Crippen LogP contribution in [0.3, 0.4) is 0 Å². The van der Waals surface area contributed by atoms with Gasteiger partial charge in [-0.2, -0.15) is 0 Å². The first-order valence-corrected chi connectivity index (χ1v) is 6.02. The molecule has 0 aromatic carbocycles. The van der Waals surface area contributed by atoms with E-state index >= 15 is 0 Å². The third kappa shape index (κ3) is 32.6. The summed E-state index contributed by atoms with van der Waals surface area (Å²) in [5.41, 5.74) is 0. The molecule has 0 aliphatic heterocycles. The number of halogens is 6. The Morgan fingerprint density at radius 3 is 0.632 bits per heavy atom. The average molecular weight is 473 g/mol. The van der Waals surface area contributed by atoms with E-state index in [9.17, 15) is 29.7 Å². The van der Waals surface area contributed by atoms with Crippen molar-refractivity contribution < 1.29 is 62.4 Å². The second kappa shape index (κ2) is 17.3. The minimum atomic E-state index is -1.46. The number of hydrogen-bond donors (Lipinski definition) is 0. The minimum Gasteiger partial charge on any atom is -0.547 e. The van der Waals surface area contributed by atoms with Crippen molar-refractivity contribution in [2.75, 3.05) is 0 Å². The molecule has 0 radical (unpaired) electrons. The molecule has 19 heavy (non-hydrogen) atoms. The van der Waals surface area contributed by atoms with Gasteiger partial charge in [-0.1, -0.05) is 69.6 Å². The summed E-state index contributed by atoms with van der Waals surface area (Å²) in [6.45, 7) is 0. The second-order valence-electron chi connectivity index (χ2n) is 1.86. The maximum absolute atomic E-state index is 9.32. The van der Waals surface area contributed by atoms with Crippen molar-refractivity contribution in [3.05, 3.63) is 0 Å². The molecular weight excluding hydrogens is 470 g/mol. The Labute approximate surface area is 163 Å². The van der Waals surface area contributed by atoms with E-state index in [-0.39, 0.29) is 32.7 Å². The van der Waals surface area contributed by atoms with E-state index in [0.717, 1.165) is 0 Å². The van der Waals surface area contributed by atoms with Gasteiger partial charge in [0.05, 0.1) is 17.9 Å². The molecule has 0 unspecified atom stereocenters. The first-order chi connectivity index (χ1) is 7.93. The molecule has 0 fully saturated rings. The van der Waals surface area contributed by atoms with Crippen molar-refractivity contribution >= 4 is 87.5 Å². The summed E-state index contributed by atoms with van der Waals surface area (Å²) in [6.07, 6.45) is 0. The monoisotopic (exact) mass is 470 g/mol. The summed E-state index contributed by atoms with van der Waals surface area (Å²) in [5.74, 6) is -4.38. The fourth-order valence-electron chi connectivity index (χ4n) is 0. The van der Waals surface area contributed by atoms with Crippen molar-refractivity contribution in [1.29, 1.82) is 0 Å². The number of alkyl halides is 6. The van der Waals surface area contributed by atoms with E-state index in [1.54, 1.807) is 0 Å². The predicted octanol–water partition coefficient (Wildman–Crippen LogP) is -1.38. The molecule has 0 rings (SSSR count). The largest absolute Gasteiger partial charge is 3.00 e. The van der Waals surface area contributed by atoms with Gasteiger partial charge in [-0.3, -0.25) is 0 Å². The van der Waals surface area contributed by atoms with E-state index < -0.39 is 32.4 Å². The third-order valence-corrected chi connectivity index (χ3v) is 1.60. The van der Waals surface area contributed by atoms with Gasteiger partial charge in [0.1, 0.15) is 14.5 Å². The van der Waals surface area contributed by atoms with Crippen LogP contribution in [-0.2, 0) is 47.1 Å². The first kappa shape index (κ1) is 28.4. The number of carboxylic acid groups (broad SMARTS) is 3. The standard InChI is InChI=1S/3C2H2Cl2O2.Y/c3*3-1(4)2(5)6;/h3*1H,(H,5,6);/q;;;+3/p-3. The molecule has 108 valence electrons. The zero-order valence-corrected chi connectivity index (χ0v) is 15.9. The summed E-state index contributed by atoms with van der Waals surface area (Å²) in [7, 11) is 0.